The topological polar surface area (TPSA) is 55.4 Å². The second kappa shape index (κ2) is 9.21. The van der Waals surface area contributed by atoms with Crippen LogP contribution in [0.1, 0.15) is 33.5 Å². The van der Waals surface area contributed by atoms with Crippen molar-refractivity contribution >= 4 is 11.9 Å². The number of carbonyl (C=O) groups excluding carboxylic acids is 2. The molecule has 27 heavy (non-hydrogen) atoms. The van der Waals surface area contributed by atoms with Crippen LogP contribution in [0.5, 0.6) is 0 Å². The van der Waals surface area contributed by atoms with Crippen LogP contribution in [0.25, 0.3) is 0 Å². The minimum absolute atomic E-state index is 0.0219. The van der Waals surface area contributed by atoms with Crippen LogP contribution in [0.15, 0.2) is 48.5 Å². The summed E-state index contributed by atoms with van der Waals surface area (Å²) in [6, 6.07) is 11.7. The number of aryl methyl sites for hydroxylation is 2. The summed E-state index contributed by atoms with van der Waals surface area (Å²) in [5.74, 6) is -0.904. The van der Waals surface area contributed by atoms with Gasteiger partial charge in [0.15, 0.2) is 0 Å². The largest absolute Gasteiger partial charge is 0.460 e. The third-order valence-corrected chi connectivity index (χ3v) is 3.87. The molecule has 0 radical (unpaired) electrons. The van der Waals surface area contributed by atoms with Crippen molar-refractivity contribution in [2.45, 2.75) is 25.9 Å². The van der Waals surface area contributed by atoms with Gasteiger partial charge in [-0.1, -0.05) is 29.8 Å². The van der Waals surface area contributed by atoms with E-state index in [-0.39, 0.29) is 24.6 Å². The normalized spacial score (nSPS) is 11.1. The summed E-state index contributed by atoms with van der Waals surface area (Å²) >= 11 is 0. The van der Waals surface area contributed by atoms with Crippen LogP contribution in [0.2, 0.25) is 0 Å². The molecule has 1 N–H and O–H groups in total. The van der Waals surface area contributed by atoms with Gasteiger partial charge < -0.3 is 10.1 Å². The Hall–Kier alpha value is -2.83. The highest BCUT2D eigenvalue weighted by Gasteiger charge is 2.30. The van der Waals surface area contributed by atoms with Crippen molar-refractivity contribution < 1.29 is 27.5 Å². The second-order valence-electron chi connectivity index (χ2n) is 6.05. The van der Waals surface area contributed by atoms with Gasteiger partial charge in [-0.15, -0.1) is 0 Å². The fourth-order valence-corrected chi connectivity index (χ4v) is 2.31. The molecular weight excluding hydrogens is 359 g/mol. The fourth-order valence-electron chi connectivity index (χ4n) is 2.31. The predicted octanol–water partition coefficient (Wildman–Crippen LogP) is 3.92. The van der Waals surface area contributed by atoms with E-state index in [1.165, 1.54) is 0 Å². The Labute approximate surface area is 155 Å². The highest BCUT2D eigenvalue weighted by molar-refractivity contribution is 5.89. The standard InChI is InChI=1S/C20H20F3NO3/c1-14-2-4-15(5-3-14)6-11-18(25)24-12-13-27-19(26)16-7-9-17(10-8-16)20(21,22)23/h2-5,7-10H,6,11-13H2,1H3,(H,24,25). The molecule has 2 rings (SSSR count). The third kappa shape index (κ3) is 6.77. The van der Waals surface area contributed by atoms with Gasteiger partial charge in [-0.2, -0.15) is 13.2 Å². The molecule has 7 heteroatoms. The Balaban J connectivity index is 1.67. The highest BCUT2D eigenvalue weighted by atomic mass is 19.4. The maximum absolute atomic E-state index is 12.5. The highest BCUT2D eigenvalue weighted by Crippen LogP contribution is 2.29. The van der Waals surface area contributed by atoms with E-state index < -0.39 is 17.7 Å². The molecule has 0 saturated heterocycles. The molecule has 0 aromatic heterocycles. The van der Waals surface area contributed by atoms with Crippen LogP contribution in [-0.2, 0) is 22.1 Å². The molecule has 0 unspecified atom stereocenters. The Kier molecular flexibility index (Phi) is 6.98. The third-order valence-electron chi connectivity index (χ3n) is 3.87. The smallest absolute Gasteiger partial charge is 0.416 e. The van der Waals surface area contributed by atoms with E-state index in [1.807, 2.05) is 31.2 Å². The number of nitrogens with one attached hydrogen (secondary N) is 1. The molecule has 0 aliphatic heterocycles. The number of halogens is 3. The zero-order valence-corrected chi connectivity index (χ0v) is 14.8. The zero-order chi connectivity index (χ0) is 19.9. The molecule has 0 heterocycles. The van der Waals surface area contributed by atoms with E-state index in [2.05, 4.69) is 5.32 Å². The number of amides is 1. The predicted molar refractivity (Wildman–Crippen MR) is 94.2 cm³/mol. The Morgan fingerprint density at radius 3 is 2.22 bits per heavy atom. The maximum atomic E-state index is 12.5. The van der Waals surface area contributed by atoms with Crippen molar-refractivity contribution in [3.8, 4) is 0 Å². The lowest BCUT2D eigenvalue weighted by Crippen LogP contribution is -2.28. The minimum Gasteiger partial charge on any atom is -0.460 e. The quantitative estimate of drug-likeness (QED) is 0.586. The second-order valence-corrected chi connectivity index (χ2v) is 6.05. The molecule has 0 saturated carbocycles. The molecular formula is C20H20F3NO3. The van der Waals surface area contributed by atoms with Crippen molar-refractivity contribution in [3.63, 3.8) is 0 Å². The number of alkyl halides is 3. The molecule has 144 valence electrons. The van der Waals surface area contributed by atoms with E-state index in [1.54, 1.807) is 0 Å². The van der Waals surface area contributed by atoms with Crippen LogP contribution in [0, 0.1) is 6.92 Å². The number of rotatable bonds is 7. The van der Waals surface area contributed by atoms with Crippen molar-refractivity contribution in [1.29, 1.82) is 0 Å². The van der Waals surface area contributed by atoms with Crippen LogP contribution in [-0.4, -0.2) is 25.0 Å². The first kappa shape index (κ1) is 20.5. The van der Waals surface area contributed by atoms with Crippen LogP contribution in [0.4, 0.5) is 13.2 Å². The summed E-state index contributed by atoms with van der Waals surface area (Å²) in [6.45, 7) is 2.07. The lowest BCUT2D eigenvalue weighted by Gasteiger charge is -2.09. The summed E-state index contributed by atoms with van der Waals surface area (Å²) in [5.41, 5.74) is 1.40. The average molecular weight is 379 g/mol. The molecule has 0 bridgehead atoms. The van der Waals surface area contributed by atoms with Gasteiger partial charge >= 0.3 is 12.1 Å². The molecule has 0 aliphatic carbocycles. The molecule has 0 spiro atoms. The number of hydrogen-bond donors (Lipinski definition) is 1. The number of benzene rings is 2. The first-order chi connectivity index (χ1) is 12.8. The van der Waals surface area contributed by atoms with E-state index >= 15 is 0 Å². The van der Waals surface area contributed by atoms with Gasteiger partial charge in [0.25, 0.3) is 0 Å². The summed E-state index contributed by atoms with van der Waals surface area (Å²) in [5, 5.41) is 2.64. The number of carbonyl (C=O) groups is 2. The van der Waals surface area contributed by atoms with Crippen LogP contribution < -0.4 is 5.32 Å². The average Bonchev–Trinajstić information content (AvgIpc) is 2.64. The molecule has 2 aromatic carbocycles. The van der Waals surface area contributed by atoms with Crippen LogP contribution >= 0.6 is 0 Å². The summed E-state index contributed by atoms with van der Waals surface area (Å²) in [6.07, 6.45) is -3.53. The number of esters is 1. The van der Waals surface area contributed by atoms with Gasteiger partial charge in [0.05, 0.1) is 17.7 Å². The lowest BCUT2D eigenvalue weighted by atomic mass is 10.1. The minimum atomic E-state index is -4.45. The monoisotopic (exact) mass is 379 g/mol. The SMILES string of the molecule is Cc1ccc(CCC(=O)NCCOC(=O)c2ccc(C(F)(F)F)cc2)cc1. The molecule has 0 fully saturated rings. The van der Waals surface area contributed by atoms with E-state index in [0.717, 1.165) is 35.4 Å². The van der Waals surface area contributed by atoms with E-state index in [0.29, 0.717) is 12.8 Å². The van der Waals surface area contributed by atoms with Gasteiger partial charge in [0.1, 0.15) is 6.61 Å². The molecule has 0 atom stereocenters. The van der Waals surface area contributed by atoms with Gasteiger partial charge in [-0.3, -0.25) is 4.79 Å². The first-order valence-electron chi connectivity index (χ1n) is 8.42. The van der Waals surface area contributed by atoms with Crippen LogP contribution in [0.3, 0.4) is 0 Å². The number of hydrogen-bond acceptors (Lipinski definition) is 3. The van der Waals surface area contributed by atoms with Gasteiger partial charge in [-0.05, 0) is 43.2 Å². The van der Waals surface area contributed by atoms with E-state index in [4.69, 9.17) is 4.74 Å². The van der Waals surface area contributed by atoms with Crippen molar-refractivity contribution in [2.24, 2.45) is 0 Å². The first-order valence-corrected chi connectivity index (χ1v) is 8.42. The molecule has 0 aliphatic rings. The summed E-state index contributed by atoms with van der Waals surface area (Å²) < 4.78 is 42.4. The fraction of sp³-hybridized carbons (Fsp3) is 0.300. The Bertz CT molecular complexity index is 769. The lowest BCUT2D eigenvalue weighted by molar-refractivity contribution is -0.137. The van der Waals surface area contributed by atoms with Crippen molar-refractivity contribution in [1.82, 2.24) is 5.32 Å². The van der Waals surface area contributed by atoms with Crippen molar-refractivity contribution in [3.05, 3.63) is 70.8 Å². The molecule has 2 aromatic rings. The summed E-state index contributed by atoms with van der Waals surface area (Å²) in [7, 11) is 0. The van der Waals surface area contributed by atoms with E-state index in [9.17, 15) is 22.8 Å². The van der Waals surface area contributed by atoms with Gasteiger partial charge in [0.2, 0.25) is 5.91 Å². The Morgan fingerprint density at radius 1 is 1.00 bits per heavy atom. The van der Waals surface area contributed by atoms with Gasteiger partial charge in [0, 0.05) is 6.42 Å². The zero-order valence-electron chi connectivity index (χ0n) is 14.8. The molecule has 4 nitrogen and oxygen atoms in total. The summed E-state index contributed by atoms with van der Waals surface area (Å²) in [4.78, 5) is 23.5. The maximum Gasteiger partial charge on any atom is 0.416 e. The van der Waals surface area contributed by atoms with Crippen molar-refractivity contribution in [2.75, 3.05) is 13.2 Å². The number of ether oxygens (including phenoxy) is 1. The van der Waals surface area contributed by atoms with Gasteiger partial charge in [-0.25, -0.2) is 4.79 Å². The molecule has 1 amide bonds. The Morgan fingerprint density at radius 2 is 1.63 bits per heavy atom.